The molecule has 1 amide bonds. The van der Waals surface area contributed by atoms with Crippen molar-refractivity contribution in [2.45, 2.75) is 16.5 Å². The fourth-order valence-electron chi connectivity index (χ4n) is 1.37. The lowest BCUT2D eigenvalue weighted by atomic mass is 10.2. The lowest BCUT2D eigenvalue weighted by Gasteiger charge is -2.11. The summed E-state index contributed by atoms with van der Waals surface area (Å²) in [6.07, 6.45) is -1.19. The lowest BCUT2D eigenvalue weighted by molar-refractivity contribution is -0.148. The van der Waals surface area contributed by atoms with Crippen LogP contribution in [0.1, 0.15) is 10.4 Å². The third-order valence-electron chi connectivity index (χ3n) is 2.36. The van der Waals surface area contributed by atoms with Gasteiger partial charge in [0.05, 0.1) is 6.54 Å². The van der Waals surface area contributed by atoms with E-state index in [9.17, 15) is 22.8 Å². The average molecular weight is 323 g/mol. The summed E-state index contributed by atoms with van der Waals surface area (Å²) in [6, 6.07) is 4.79. The van der Waals surface area contributed by atoms with E-state index in [1.54, 1.807) is 0 Å². The topological polar surface area (TPSA) is 75.6 Å². The number of alkyl halides is 3. The van der Waals surface area contributed by atoms with E-state index < -0.39 is 23.5 Å². The summed E-state index contributed by atoms with van der Waals surface area (Å²) in [5, 5.41) is 11.0. The molecule has 0 bridgehead atoms. The summed E-state index contributed by atoms with van der Waals surface area (Å²) in [5.41, 5.74) is -4.27. The van der Waals surface area contributed by atoms with E-state index in [0.717, 1.165) is 12.1 Å². The van der Waals surface area contributed by atoms with Gasteiger partial charge in [0.15, 0.2) is 6.10 Å². The molecule has 0 saturated carbocycles. The molecule has 1 aromatic rings. The van der Waals surface area contributed by atoms with Crippen molar-refractivity contribution in [3.63, 3.8) is 0 Å². The minimum Gasteiger partial charge on any atom is -0.479 e. The number of thioether (sulfide) groups is 1. The van der Waals surface area contributed by atoms with Crippen LogP contribution in [0.15, 0.2) is 29.2 Å². The number of nitrogens with one attached hydrogen (secondary N) is 1. The lowest BCUT2D eigenvalue weighted by Crippen LogP contribution is -2.37. The number of methoxy groups -OCH3 is 1. The molecule has 9 heteroatoms. The van der Waals surface area contributed by atoms with Crippen molar-refractivity contribution in [1.29, 1.82) is 0 Å². The molecule has 1 unspecified atom stereocenters. The standard InChI is InChI=1S/C12H12F3NO4S/c1-20-9(11(18)19)6-16-10(17)7-2-4-8(5-3-7)21-12(13,14)15/h2-5,9H,6H2,1H3,(H,16,17)(H,18,19). The second kappa shape index (κ2) is 7.32. The maximum Gasteiger partial charge on any atom is 0.446 e. The molecule has 0 heterocycles. The highest BCUT2D eigenvalue weighted by molar-refractivity contribution is 8.00. The van der Waals surface area contributed by atoms with Gasteiger partial charge in [0.2, 0.25) is 0 Å². The van der Waals surface area contributed by atoms with Crippen LogP contribution in [0.4, 0.5) is 13.2 Å². The Balaban J connectivity index is 2.61. The van der Waals surface area contributed by atoms with E-state index in [2.05, 4.69) is 10.1 Å². The van der Waals surface area contributed by atoms with E-state index in [0.29, 0.717) is 0 Å². The summed E-state index contributed by atoms with van der Waals surface area (Å²) in [5.74, 6) is -1.82. The van der Waals surface area contributed by atoms with Crippen molar-refractivity contribution >= 4 is 23.6 Å². The Kier molecular flexibility index (Phi) is 6.03. The van der Waals surface area contributed by atoms with E-state index in [-0.39, 0.29) is 28.8 Å². The maximum atomic E-state index is 12.1. The van der Waals surface area contributed by atoms with Crippen LogP contribution >= 0.6 is 11.8 Å². The van der Waals surface area contributed by atoms with Crippen molar-refractivity contribution in [2.75, 3.05) is 13.7 Å². The van der Waals surface area contributed by atoms with Crippen molar-refractivity contribution in [2.24, 2.45) is 0 Å². The van der Waals surface area contributed by atoms with E-state index in [1.165, 1.54) is 19.2 Å². The first-order valence-corrected chi connectivity index (χ1v) is 6.44. The van der Waals surface area contributed by atoms with Gasteiger partial charge in [0.1, 0.15) is 0 Å². The van der Waals surface area contributed by atoms with E-state index >= 15 is 0 Å². The summed E-state index contributed by atoms with van der Waals surface area (Å²) in [7, 11) is 1.19. The van der Waals surface area contributed by atoms with Crippen molar-refractivity contribution in [1.82, 2.24) is 5.32 Å². The smallest absolute Gasteiger partial charge is 0.446 e. The van der Waals surface area contributed by atoms with Gasteiger partial charge in [-0.15, -0.1) is 0 Å². The SMILES string of the molecule is COC(CNC(=O)c1ccc(SC(F)(F)F)cc1)C(=O)O. The summed E-state index contributed by atoms with van der Waals surface area (Å²) >= 11 is -0.282. The number of aliphatic carboxylic acids is 1. The Bertz CT molecular complexity index is 504. The van der Waals surface area contributed by atoms with Gasteiger partial charge in [0.25, 0.3) is 5.91 Å². The molecule has 0 aliphatic rings. The zero-order chi connectivity index (χ0) is 16.0. The van der Waals surface area contributed by atoms with Crippen LogP contribution < -0.4 is 5.32 Å². The van der Waals surface area contributed by atoms with Gasteiger partial charge >= 0.3 is 11.5 Å². The highest BCUT2D eigenvalue weighted by Gasteiger charge is 2.29. The van der Waals surface area contributed by atoms with Crippen LogP contribution in [0.3, 0.4) is 0 Å². The van der Waals surface area contributed by atoms with E-state index in [4.69, 9.17) is 5.11 Å². The fraction of sp³-hybridized carbons (Fsp3) is 0.333. The largest absolute Gasteiger partial charge is 0.479 e. The first-order chi connectivity index (χ1) is 9.73. The second-order valence-electron chi connectivity index (χ2n) is 3.84. The number of carboxylic acid groups (broad SMARTS) is 1. The monoisotopic (exact) mass is 323 g/mol. The minimum absolute atomic E-state index is 0.0423. The van der Waals surface area contributed by atoms with Crippen molar-refractivity contribution < 1.29 is 32.6 Å². The van der Waals surface area contributed by atoms with Gasteiger partial charge in [0, 0.05) is 17.6 Å². The second-order valence-corrected chi connectivity index (χ2v) is 4.98. The first kappa shape index (κ1) is 17.3. The predicted molar refractivity (Wildman–Crippen MR) is 69.1 cm³/mol. The average Bonchev–Trinajstić information content (AvgIpc) is 2.37. The van der Waals surface area contributed by atoms with E-state index in [1.807, 2.05) is 0 Å². The molecule has 2 N–H and O–H groups in total. The molecule has 0 aliphatic carbocycles. The van der Waals surface area contributed by atoms with Crippen molar-refractivity contribution in [3.05, 3.63) is 29.8 Å². The van der Waals surface area contributed by atoms with Gasteiger partial charge in [-0.2, -0.15) is 13.2 Å². The number of ether oxygens (including phenoxy) is 1. The van der Waals surface area contributed by atoms with Crippen molar-refractivity contribution in [3.8, 4) is 0 Å². The fourth-order valence-corrected chi connectivity index (χ4v) is 1.91. The number of carbonyl (C=O) groups is 2. The summed E-state index contributed by atoms with van der Waals surface area (Å²) in [6.45, 7) is -0.246. The molecule has 1 aromatic carbocycles. The highest BCUT2D eigenvalue weighted by atomic mass is 32.2. The van der Waals surface area contributed by atoms with Crippen LogP contribution in [0, 0.1) is 0 Å². The molecule has 0 fully saturated rings. The predicted octanol–water partition coefficient (Wildman–Crippen LogP) is 2.13. The summed E-state index contributed by atoms with van der Waals surface area (Å²) < 4.78 is 41.0. The number of hydrogen-bond acceptors (Lipinski definition) is 4. The molecular formula is C12H12F3NO4S. The number of halogens is 3. The number of carboxylic acids is 1. The zero-order valence-electron chi connectivity index (χ0n) is 10.8. The molecule has 0 saturated heterocycles. The van der Waals surface area contributed by atoms with Gasteiger partial charge in [-0.3, -0.25) is 4.79 Å². The number of hydrogen-bond donors (Lipinski definition) is 2. The maximum absolute atomic E-state index is 12.1. The third kappa shape index (κ3) is 6.05. The normalized spacial score (nSPS) is 12.8. The van der Waals surface area contributed by atoms with Crippen LogP contribution in [-0.4, -0.2) is 42.2 Å². The molecule has 0 aromatic heterocycles. The highest BCUT2D eigenvalue weighted by Crippen LogP contribution is 2.36. The molecule has 0 radical (unpaired) electrons. The Morgan fingerprint density at radius 3 is 2.33 bits per heavy atom. The molecule has 1 rings (SSSR count). The molecule has 0 aliphatic heterocycles. The number of amides is 1. The van der Waals surface area contributed by atoms with Crippen LogP contribution in [0.25, 0.3) is 0 Å². The quantitative estimate of drug-likeness (QED) is 0.785. The van der Waals surface area contributed by atoms with Crippen LogP contribution in [-0.2, 0) is 9.53 Å². The van der Waals surface area contributed by atoms with Gasteiger partial charge in [-0.05, 0) is 36.0 Å². The molecule has 1 atom stereocenters. The zero-order valence-corrected chi connectivity index (χ0v) is 11.6. The minimum atomic E-state index is -4.39. The van der Waals surface area contributed by atoms with Gasteiger partial charge in [-0.25, -0.2) is 4.79 Å². The van der Waals surface area contributed by atoms with Crippen LogP contribution in [0.2, 0.25) is 0 Å². The van der Waals surface area contributed by atoms with Crippen LogP contribution in [0.5, 0.6) is 0 Å². The Morgan fingerprint density at radius 2 is 1.90 bits per heavy atom. The Morgan fingerprint density at radius 1 is 1.33 bits per heavy atom. The molecule has 116 valence electrons. The Labute approximate surface area is 122 Å². The number of rotatable bonds is 6. The first-order valence-electron chi connectivity index (χ1n) is 5.62. The van der Waals surface area contributed by atoms with Gasteiger partial charge < -0.3 is 15.2 Å². The third-order valence-corrected chi connectivity index (χ3v) is 3.10. The molecule has 21 heavy (non-hydrogen) atoms. The molecule has 5 nitrogen and oxygen atoms in total. The summed E-state index contributed by atoms with van der Waals surface area (Å²) in [4.78, 5) is 22.3. The number of benzene rings is 1. The Hall–Kier alpha value is -1.74. The molecular weight excluding hydrogens is 311 g/mol. The molecule has 0 spiro atoms. The number of carbonyl (C=O) groups excluding carboxylic acids is 1. The van der Waals surface area contributed by atoms with Gasteiger partial charge in [-0.1, -0.05) is 0 Å².